The van der Waals surface area contributed by atoms with Crippen LogP contribution < -0.4 is 5.32 Å². The predicted octanol–water partition coefficient (Wildman–Crippen LogP) is 2.13. The van der Waals surface area contributed by atoms with Gasteiger partial charge in [0.1, 0.15) is 5.54 Å². The van der Waals surface area contributed by atoms with Crippen molar-refractivity contribution in [3.8, 4) is 0 Å². The van der Waals surface area contributed by atoms with E-state index in [1.54, 1.807) is 4.90 Å². The summed E-state index contributed by atoms with van der Waals surface area (Å²) in [6.07, 6.45) is 2.89. The summed E-state index contributed by atoms with van der Waals surface area (Å²) >= 11 is 0. The van der Waals surface area contributed by atoms with Crippen molar-refractivity contribution in [2.45, 2.75) is 65.3 Å². The monoisotopic (exact) mass is 436 g/mol. The number of nitrogens with one attached hydrogen (secondary N) is 1. The number of amides is 4. The standard InChI is InChI=1S/C23H40N4O4/c1-16(2)7-10-23(21(30)27(22(31)24-23)14-13-25(5)6)18-8-11-26(12-9-18)20(29)19(28)15-17(3)4/h16-18H,7-15H2,1-6H3,(H,24,31)/t23-/m1/s1. The first-order valence-corrected chi connectivity index (χ1v) is 11.6. The molecule has 8 heteroatoms. The van der Waals surface area contributed by atoms with Gasteiger partial charge < -0.3 is 15.1 Å². The third kappa shape index (κ3) is 6.05. The molecule has 4 amide bonds. The molecule has 2 aliphatic heterocycles. The molecule has 2 heterocycles. The minimum atomic E-state index is -0.912. The van der Waals surface area contributed by atoms with Crippen LogP contribution in [0, 0.1) is 17.8 Å². The van der Waals surface area contributed by atoms with Gasteiger partial charge in [-0.2, -0.15) is 0 Å². The van der Waals surface area contributed by atoms with Gasteiger partial charge in [0.25, 0.3) is 11.8 Å². The van der Waals surface area contributed by atoms with Crippen molar-refractivity contribution in [3.63, 3.8) is 0 Å². The molecule has 0 aromatic heterocycles. The Balaban J connectivity index is 2.13. The lowest BCUT2D eigenvalue weighted by Crippen LogP contribution is -2.57. The molecular formula is C23H40N4O4. The molecule has 2 saturated heterocycles. The van der Waals surface area contributed by atoms with Crippen LogP contribution in [0.1, 0.15) is 59.8 Å². The number of Topliss-reactive ketones (excluding diaryl/α,β-unsaturated/α-hetero) is 1. The molecule has 0 saturated carbocycles. The zero-order valence-electron chi connectivity index (χ0n) is 20.1. The Morgan fingerprint density at radius 1 is 1.10 bits per heavy atom. The molecule has 0 aliphatic carbocycles. The SMILES string of the molecule is CC(C)CC[C@]1(C2CCN(C(=O)C(=O)CC(C)C)CC2)NC(=O)N(CCN(C)C)C1=O. The van der Waals surface area contributed by atoms with Gasteiger partial charge in [-0.3, -0.25) is 19.3 Å². The number of carbonyl (C=O) groups excluding carboxylic acids is 4. The first kappa shape index (κ1) is 25.3. The number of ketones is 1. The van der Waals surface area contributed by atoms with Crippen LogP contribution in [0.15, 0.2) is 0 Å². The average molecular weight is 437 g/mol. The zero-order chi connectivity index (χ0) is 23.3. The topological polar surface area (TPSA) is 90.0 Å². The minimum absolute atomic E-state index is 0.0451. The highest BCUT2D eigenvalue weighted by atomic mass is 16.2. The van der Waals surface area contributed by atoms with E-state index in [2.05, 4.69) is 19.2 Å². The van der Waals surface area contributed by atoms with Crippen LogP contribution in [0.5, 0.6) is 0 Å². The number of likely N-dealkylation sites (N-methyl/N-ethyl adjacent to an activating group) is 1. The van der Waals surface area contributed by atoms with Crippen LogP contribution in [0.25, 0.3) is 0 Å². The van der Waals surface area contributed by atoms with Gasteiger partial charge in [-0.1, -0.05) is 27.7 Å². The summed E-state index contributed by atoms with van der Waals surface area (Å²) in [5.74, 6) is -0.390. The van der Waals surface area contributed by atoms with E-state index < -0.39 is 11.4 Å². The van der Waals surface area contributed by atoms with Gasteiger partial charge >= 0.3 is 6.03 Å². The molecule has 2 aliphatic rings. The fourth-order valence-electron chi connectivity index (χ4n) is 4.52. The van der Waals surface area contributed by atoms with Gasteiger partial charge in [0.05, 0.1) is 0 Å². The lowest BCUT2D eigenvalue weighted by molar-refractivity contribution is -0.146. The van der Waals surface area contributed by atoms with E-state index in [4.69, 9.17) is 0 Å². The van der Waals surface area contributed by atoms with Gasteiger partial charge in [0.2, 0.25) is 5.78 Å². The second-order valence-electron chi connectivity index (χ2n) is 10.2. The van der Waals surface area contributed by atoms with Crippen LogP contribution in [0.4, 0.5) is 4.79 Å². The third-order valence-corrected chi connectivity index (χ3v) is 6.40. The quantitative estimate of drug-likeness (QED) is 0.419. The Morgan fingerprint density at radius 3 is 2.23 bits per heavy atom. The summed E-state index contributed by atoms with van der Waals surface area (Å²) in [5, 5.41) is 3.06. The number of likely N-dealkylation sites (tertiary alicyclic amines) is 1. The average Bonchev–Trinajstić information content (AvgIpc) is 2.94. The summed E-state index contributed by atoms with van der Waals surface area (Å²) in [5.41, 5.74) is -0.912. The normalized spacial score (nSPS) is 22.7. The van der Waals surface area contributed by atoms with Crippen molar-refractivity contribution >= 4 is 23.6 Å². The van der Waals surface area contributed by atoms with E-state index >= 15 is 0 Å². The fourth-order valence-corrected chi connectivity index (χ4v) is 4.52. The van der Waals surface area contributed by atoms with Crippen LogP contribution in [-0.2, 0) is 14.4 Å². The van der Waals surface area contributed by atoms with E-state index in [1.165, 1.54) is 4.90 Å². The van der Waals surface area contributed by atoms with Crippen LogP contribution in [0.3, 0.4) is 0 Å². The van der Waals surface area contributed by atoms with E-state index in [-0.39, 0.29) is 36.0 Å². The Bertz CT molecular complexity index is 683. The molecule has 0 spiro atoms. The smallest absolute Gasteiger partial charge is 0.325 e. The Morgan fingerprint density at radius 2 is 1.71 bits per heavy atom. The number of imide groups is 1. The molecule has 0 aromatic carbocycles. The van der Waals surface area contributed by atoms with Gasteiger partial charge in [0, 0.05) is 32.6 Å². The molecule has 2 rings (SSSR count). The molecule has 31 heavy (non-hydrogen) atoms. The van der Waals surface area contributed by atoms with Crippen molar-refractivity contribution in [2.24, 2.45) is 17.8 Å². The number of rotatable bonds is 10. The van der Waals surface area contributed by atoms with Gasteiger partial charge in [-0.25, -0.2) is 4.79 Å². The van der Waals surface area contributed by atoms with Gasteiger partial charge in [0.15, 0.2) is 0 Å². The van der Waals surface area contributed by atoms with Gasteiger partial charge in [-0.05, 0) is 57.5 Å². The fraction of sp³-hybridized carbons (Fsp3) is 0.826. The highest BCUT2D eigenvalue weighted by Crippen LogP contribution is 2.38. The predicted molar refractivity (Wildman–Crippen MR) is 119 cm³/mol. The van der Waals surface area contributed by atoms with Crippen molar-refractivity contribution in [1.29, 1.82) is 0 Å². The zero-order valence-corrected chi connectivity index (χ0v) is 20.1. The number of hydrogen-bond donors (Lipinski definition) is 1. The molecule has 1 atom stereocenters. The minimum Gasteiger partial charge on any atom is -0.336 e. The third-order valence-electron chi connectivity index (χ3n) is 6.40. The molecule has 8 nitrogen and oxygen atoms in total. The lowest BCUT2D eigenvalue weighted by Gasteiger charge is -2.41. The van der Waals surface area contributed by atoms with E-state index in [0.29, 0.717) is 51.4 Å². The second kappa shape index (κ2) is 10.6. The highest BCUT2D eigenvalue weighted by molar-refractivity contribution is 6.36. The molecule has 0 radical (unpaired) electrons. The van der Waals surface area contributed by atoms with Crippen LogP contribution in [0.2, 0.25) is 0 Å². The number of nitrogens with zero attached hydrogens (tertiary/aromatic N) is 3. The molecule has 2 fully saturated rings. The van der Waals surface area contributed by atoms with E-state index in [0.717, 1.165) is 6.42 Å². The lowest BCUT2D eigenvalue weighted by atomic mass is 9.73. The maximum absolute atomic E-state index is 13.5. The first-order valence-electron chi connectivity index (χ1n) is 11.6. The van der Waals surface area contributed by atoms with E-state index in [1.807, 2.05) is 32.8 Å². The first-order chi connectivity index (χ1) is 14.5. The number of urea groups is 1. The summed E-state index contributed by atoms with van der Waals surface area (Å²) < 4.78 is 0. The van der Waals surface area contributed by atoms with E-state index in [9.17, 15) is 19.2 Å². The van der Waals surface area contributed by atoms with Crippen LogP contribution >= 0.6 is 0 Å². The summed E-state index contributed by atoms with van der Waals surface area (Å²) in [7, 11) is 3.83. The van der Waals surface area contributed by atoms with Crippen molar-refractivity contribution in [3.05, 3.63) is 0 Å². The number of piperidine rings is 1. The Hall–Kier alpha value is -1.96. The van der Waals surface area contributed by atoms with Crippen molar-refractivity contribution in [1.82, 2.24) is 20.0 Å². The Labute approximate surface area is 186 Å². The summed E-state index contributed by atoms with van der Waals surface area (Å²) in [4.78, 5) is 55.8. The maximum atomic E-state index is 13.5. The molecule has 1 N–H and O–H groups in total. The molecule has 176 valence electrons. The maximum Gasteiger partial charge on any atom is 0.325 e. The van der Waals surface area contributed by atoms with Gasteiger partial charge in [-0.15, -0.1) is 0 Å². The molecule has 0 unspecified atom stereocenters. The highest BCUT2D eigenvalue weighted by Gasteiger charge is 2.55. The number of hydrogen-bond acceptors (Lipinski definition) is 5. The second-order valence-corrected chi connectivity index (χ2v) is 10.2. The largest absolute Gasteiger partial charge is 0.336 e. The molecule has 0 aromatic rings. The Kier molecular flexibility index (Phi) is 8.63. The van der Waals surface area contributed by atoms with Crippen molar-refractivity contribution < 1.29 is 19.2 Å². The summed E-state index contributed by atoms with van der Waals surface area (Å²) in [6, 6.07) is -0.318. The van der Waals surface area contributed by atoms with Crippen molar-refractivity contribution in [2.75, 3.05) is 40.3 Å². The number of carbonyl (C=O) groups is 4. The summed E-state index contributed by atoms with van der Waals surface area (Å²) in [6.45, 7) is 9.93. The van der Waals surface area contributed by atoms with Crippen LogP contribution in [-0.4, -0.2) is 84.1 Å². The molecule has 0 bridgehead atoms. The molecular weight excluding hydrogens is 396 g/mol.